The second-order valence-corrected chi connectivity index (χ2v) is 3.27. The fourth-order valence-corrected chi connectivity index (χ4v) is 1.28. The lowest BCUT2D eigenvalue weighted by atomic mass is 10.2. The van der Waals surface area contributed by atoms with E-state index in [1.807, 2.05) is 30.3 Å². The Hall–Kier alpha value is -2.08. The van der Waals surface area contributed by atoms with Crippen LogP contribution in [0.2, 0.25) is 0 Å². The van der Waals surface area contributed by atoms with Crippen LogP contribution < -0.4 is 21.9 Å². The van der Waals surface area contributed by atoms with Crippen molar-refractivity contribution in [3.8, 4) is 11.5 Å². The third kappa shape index (κ3) is 10.4. The highest BCUT2D eigenvalue weighted by molar-refractivity contribution is 5.30. The number of phenols is 1. The maximum absolute atomic E-state index is 9.09. The summed E-state index contributed by atoms with van der Waals surface area (Å²) in [5, 5.41) is 9.09. The molecule has 0 aliphatic carbocycles. The summed E-state index contributed by atoms with van der Waals surface area (Å²) in [6, 6.07) is 16.7. The molecule has 21 heavy (non-hydrogen) atoms. The van der Waals surface area contributed by atoms with Crippen LogP contribution in [0.25, 0.3) is 0 Å². The van der Waals surface area contributed by atoms with Gasteiger partial charge in [-0.25, -0.2) is 0 Å². The molecule has 0 heterocycles. The molecule has 5 heteroatoms. The maximum Gasteiger partial charge on any atom is 0.120 e. The van der Waals surface area contributed by atoms with Crippen LogP contribution in [0, 0.1) is 0 Å². The van der Waals surface area contributed by atoms with Crippen molar-refractivity contribution in [3.63, 3.8) is 0 Å². The van der Waals surface area contributed by atoms with Gasteiger partial charge in [0.1, 0.15) is 18.1 Å². The molecule has 0 amide bonds. The molecule has 0 unspecified atom stereocenters. The quantitative estimate of drug-likeness (QED) is 0.689. The molecule has 7 N–H and O–H groups in total. The Balaban J connectivity index is 0. The number of rotatable bonds is 3. The first-order valence-corrected chi connectivity index (χ1v) is 6.53. The minimum atomic E-state index is 0.252. The lowest BCUT2D eigenvalue weighted by Gasteiger charge is -2.05. The molecule has 0 saturated carbocycles. The Labute approximate surface area is 127 Å². The molecule has 0 spiro atoms. The standard InChI is InChI=1S/C13H12O2.3CH5N/c14-12-6-8-13(9-7-12)15-10-11-4-2-1-3-5-11;3*1-2/h1-9,14H,10H2;3*2H2,1H3. The molecule has 0 radical (unpaired) electrons. The van der Waals surface area contributed by atoms with Gasteiger partial charge in [-0.2, -0.15) is 0 Å². The summed E-state index contributed by atoms with van der Waals surface area (Å²) in [6.07, 6.45) is 0. The Kier molecular flexibility index (Phi) is 16.1. The molecule has 0 saturated heterocycles. The first-order chi connectivity index (χ1) is 10.3. The van der Waals surface area contributed by atoms with Gasteiger partial charge in [0.15, 0.2) is 0 Å². The third-order valence-electron chi connectivity index (χ3n) is 2.09. The number of benzene rings is 2. The van der Waals surface area contributed by atoms with E-state index in [0.29, 0.717) is 6.61 Å². The summed E-state index contributed by atoms with van der Waals surface area (Å²) < 4.78 is 5.54. The van der Waals surface area contributed by atoms with Gasteiger partial charge in [-0.05, 0) is 51.0 Å². The fourth-order valence-electron chi connectivity index (χ4n) is 1.28. The van der Waals surface area contributed by atoms with Crippen molar-refractivity contribution in [1.29, 1.82) is 0 Å². The van der Waals surface area contributed by atoms with Crippen LogP contribution in [0.3, 0.4) is 0 Å². The average molecular weight is 293 g/mol. The van der Waals surface area contributed by atoms with E-state index in [-0.39, 0.29) is 5.75 Å². The highest BCUT2D eigenvalue weighted by Crippen LogP contribution is 2.17. The molecule has 5 nitrogen and oxygen atoms in total. The van der Waals surface area contributed by atoms with E-state index in [1.165, 1.54) is 21.1 Å². The first-order valence-electron chi connectivity index (χ1n) is 6.53. The molecule has 0 fully saturated rings. The topological polar surface area (TPSA) is 108 Å². The molecule has 2 aromatic rings. The summed E-state index contributed by atoms with van der Waals surface area (Å²) in [5.74, 6) is 1.01. The van der Waals surface area contributed by atoms with Gasteiger partial charge in [-0.1, -0.05) is 30.3 Å². The molecule has 0 bridgehead atoms. The third-order valence-corrected chi connectivity index (χ3v) is 2.09. The molecule has 118 valence electrons. The molecule has 2 rings (SSSR count). The number of hydrogen-bond donors (Lipinski definition) is 4. The van der Waals surface area contributed by atoms with Crippen LogP contribution in [0.1, 0.15) is 5.56 Å². The number of aromatic hydroxyl groups is 1. The van der Waals surface area contributed by atoms with E-state index in [2.05, 4.69) is 17.2 Å². The maximum atomic E-state index is 9.09. The fraction of sp³-hybridized carbons (Fsp3) is 0.250. The van der Waals surface area contributed by atoms with Crippen molar-refractivity contribution < 1.29 is 9.84 Å². The Bertz CT molecular complexity index is 419. The first kappa shape index (κ1) is 21.2. The van der Waals surface area contributed by atoms with Gasteiger partial charge < -0.3 is 27.0 Å². The minimum Gasteiger partial charge on any atom is -0.508 e. The molecule has 2 aromatic carbocycles. The van der Waals surface area contributed by atoms with E-state index < -0.39 is 0 Å². The van der Waals surface area contributed by atoms with Crippen molar-refractivity contribution in [2.24, 2.45) is 17.2 Å². The molecule has 0 aromatic heterocycles. The number of phenolic OH excluding ortho intramolecular Hbond substituents is 1. The zero-order valence-electron chi connectivity index (χ0n) is 13.0. The number of nitrogens with two attached hydrogens (primary N) is 3. The summed E-state index contributed by atoms with van der Waals surface area (Å²) in [7, 11) is 4.50. The summed E-state index contributed by atoms with van der Waals surface area (Å²) in [4.78, 5) is 0. The Morgan fingerprint density at radius 2 is 1.24 bits per heavy atom. The van der Waals surface area contributed by atoms with E-state index in [0.717, 1.165) is 11.3 Å². The average Bonchev–Trinajstić information content (AvgIpc) is 2.61. The molecular formula is C16H27N3O2. The molecular weight excluding hydrogens is 266 g/mol. The normalized spacial score (nSPS) is 7.90. The molecule has 0 aliphatic heterocycles. The zero-order chi connectivity index (χ0) is 16.5. The second-order valence-electron chi connectivity index (χ2n) is 3.27. The smallest absolute Gasteiger partial charge is 0.120 e. The predicted octanol–water partition coefficient (Wildman–Crippen LogP) is 1.70. The van der Waals surface area contributed by atoms with Gasteiger partial charge in [-0.3, -0.25) is 0 Å². The van der Waals surface area contributed by atoms with Gasteiger partial charge in [0.05, 0.1) is 0 Å². The summed E-state index contributed by atoms with van der Waals surface area (Å²) in [6.45, 7) is 0.547. The van der Waals surface area contributed by atoms with Gasteiger partial charge in [0.25, 0.3) is 0 Å². The van der Waals surface area contributed by atoms with Crippen LogP contribution in [-0.2, 0) is 6.61 Å². The lowest BCUT2D eigenvalue weighted by molar-refractivity contribution is 0.305. The second kappa shape index (κ2) is 16.0. The van der Waals surface area contributed by atoms with E-state index in [4.69, 9.17) is 9.84 Å². The molecule has 0 atom stereocenters. The highest BCUT2D eigenvalue weighted by atomic mass is 16.5. The SMILES string of the molecule is CN.CN.CN.Oc1ccc(OCc2ccccc2)cc1. The van der Waals surface area contributed by atoms with Gasteiger partial charge in [0, 0.05) is 0 Å². The van der Waals surface area contributed by atoms with Crippen molar-refractivity contribution >= 4 is 0 Å². The monoisotopic (exact) mass is 293 g/mol. The molecule has 0 aliphatic rings. The van der Waals surface area contributed by atoms with Crippen LogP contribution in [0.4, 0.5) is 0 Å². The minimum absolute atomic E-state index is 0.252. The Morgan fingerprint density at radius 3 is 1.71 bits per heavy atom. The lowest BCUT2D eigenvalue weighted by Crippen LogP contribution is -1.94. The van der Waals surface area contributed by atoms with Gasteiger partial charge in [-0.15, -0.1) is 0 Å². The number of hydrogen-bond acceptors (Lipinski definition) is 5. The largest absolute Gasteiger partial charge is 0.508 e. The van der Waals surface area contributed by atoms with E-state index in [9.17, 15) is 0 Å². The van der Waals surface area contributed by atoms with E-state index in [1.54, 1.807) is 24.3 Å². The Morgan fingerprint density at radius 1 is 0.762 bits per heavy atom. The van der Waals surface area contributed by atoms with Crippen molar-refractivity contribution in [2.75, 3.05) is 21.1 Å². The van der Waals surface area contributed by atoms with Crippen LogP contribution in [0.15, 0.2) is 54.6 Å². The van der Waals surface area contributed by atoms with Crippen LogP contribution in [-0.4, -0.2) is 26.2 Å². The summed E-state index contributed by atoms with van der Waals surface area (Å²) in [5.41, 5.74) is 14.6. The highest BCUT2D eigenvalue weighted by Gasteiger charge is 1.95. The van der Waals surface area contributed by atoms with Crippen LogP contribution >= 0.6 is 0 Å². The van der Waals surface area contributed by atoms with Crippen molar-refractivity contribution in [2.45, 2.75) is 6.61 Å². The van der Waals surface area contributed by atoms with Crippen molar-refractivity contribution in [3.05, 3.63) is 60.2 Å². The van der Waals surface area contributed by atoms with Crippen molar-refractivity contribution in [1.82, 2.24) is 0 Å². The zero-order valence-corrected chi connectivity index (χ0v) is 13.0. The predicted molar refractivity (Wildman–Crippen MR) is 89.2 cm³/mol. The van der Waals surface area contributed by atoms with Crippen LogP contribution in [0.5, 0.6) is 11.5 Å². The van der Waals surface area contributed by atoms with E-state index >= 15 is 0 Å². The van der Waals surface area contributed by atoms with Gasteiger partial charge >= 0.3 is 0 Å². The van der Waals surface area contributed by atoms with Gasteiger partial charge in [0.2, 0.25) is 0 Å². The number of ether oxygens (including phenoxy) is 1. The summed E-state index contributed by atoms with van der Waals surface area (Å²) >= 11 is 0.